The summed E-state index contributed by atoms with van der Waals surface area (Å²) in [5.41, 5.74) is 3.25. The van der Waals surface area contributed by atoms with Gasteiger partial charge in [-0.05, 0) is 17.5 Å². The van der Waals surface area contributed by atoms with Gasteiger partial charge in [0.15, 0.2) is 5.82 Å². The third-order valence-electron chi connectivity index (χ3n) is 2.72. The van der Waals surface area contributed by atoms with Crippen molar-refractivity contribution >= 4 is 0 Å². The first-order valence-corrected chi connectivity index (χ1v) is 5.09. The maximum atomic E-state index is 10.9. The highest BCUT2D eigenvalue weighted by molar-refractivity contribution is 5.62. The van der Waals surface area contributed by atoms with Crippen molar-refractivity contribution in [1.82, 2.24) is 10.1 Å². The lowest BCUT2D eigenvalue weighted by Gasteiger charge is -2.18. The van der Waals surface area contributed by atoms with Crippen LogP contribution in [0.1, 0.15) is 11.1 Å². The molecule has 0 bridgehead atoms. The number of aromatic amines is 1. The van der Waals surface area contributed by atoms with E-state index in [1.807, 2.05) is 18.2 Å². The standard InChI is InChI=1S/C11H10N2O3/c14-11-12-10(13-16-11)9-3-1-2-7-6-15-5-4-8(7)9/h1-3H,4-6H2,(H,12,13,14). The summed E-state index contributed by atoms with van der Waals surface area (Å²) in [7, 11) is 0. The molecule has 82 valence electrons. The van der Waals surface area contributed by atoms with E-state index in [2.05, 4.69) is 14.7 Å². The second-order valence-electron chi connectivity index (χ2n) is 3.69. The Morgan fingerprint density at radius 1 is 1.38 bits per heavy atom. The molecule has 0 saturated carbocycles. The Labute approximate surface area is 91.0 Å². The summed E-state index contributed by atoms with van der Waals surface area (Å²) >= 11 is 0. The zero-order valence-electron chi connectivity index (χ0n) is 8.53. The van der Waals surface area contributed by atoms with Gasteiger partial charge in [0, 0.05) is 5.56 Å². The smallest absolute Gasteiger partial charge is 0.376 e. The van der Waals surface area contributed by atoms with E-state index < -0.39 is 5.76 Å². The van der Waals surface area contributed by atoms with E-state index in [1.54, 1.807) is 0 Å². The summed E-state index contributed by atoms with van der Waals surface area (Å²) in [6.45, 7) is 1.32. The minimum Gasteiger partial charge on any atom is -0.376 e. The van der Waals surface area contributed by atoms with Crippen LogP contribution in [0, 0.1) is 0 Å². The van der Waals surface area contributed by atoms with Crippen LogP contribution in [0.5, 0.6) is 0 Å². The van der Waals surface area contributed by atoms with E-state index in [1.165, 1.54) is 5.56 Å². The first-order chi connectivity index (χ1) is 7.84. The van der Waals surface area contributed by atoms with Gasteiger partial charge in [0.05, 0.1) is 13.2 Å². The van der Waals surface area contributed by atoms with Gasteiger partial charge in [-0.15, -0.1) is 0 Å². The lowest BCUT2D eigenvalue weighted by atomic mass is 9.97. The molecule has 1 aromatic carbocycles. The number of hydrogen-bond acceptors (Lipinski definition) is 4. The fourth-order valence-electron chi connectivity index (χ4n) is 1.99. The largest absolute Gasteiger partial charge is 0.439 e. The molecule has 1 aliphatic rings. The van der Waals surface area contributed by atoms with Crippen molar-refractivity contribution in [3.8, 4) is 11.4 Å². The van der Waals surface area contributed by atoms with Crippen molar-refractivity contribution in [3.63, 3.8) is 0 Å². The number of fused-ring (bicyclic) bond motifs is 1. The Balaban J connectivity index is 2.17. The summed E-state index contributed by atoms with van der Waals surface area (Å²) in [6.07, 6.45) is 0.834. The van der Waals surface area contributed by atoms with Crippen LogP contribution in [0.4, 0.5) is 0 Å². The molecule has 5 heteroatoms. The van der Waals surface area contributed by atoms with E-state index in [-0.39, 0.29) is 0 Å². The number of nitrogens with zero attached hydrogens (tertiary/aromatic N) is 1. The fraction of sp³-hybridized carbons (Fsp3) is 0.273. The molecule has 0 atom stereocenters. The minimum atomic E-state index is -0.528. The second-order valence-corrected chi connectivity index (χ2v) is 3.69. The van der Waals surface area contributed by atoms with Gasteiger partial charge >= 0.3 is 5.76 Å². The zero-order valence-corrected chi connectivity index (χ0v) is 8.53. The molecule has 1 aliphatic heterocycles. The zero-order chi connectivity index (χ0) is 11.0. The van der Waals surface area contributed by atoms with Crippen molar-refractivity contribution in [2.24, 2.45) is 0 Å². The quantitative estimate of drug-likeness (QED) is 0.778. The Hall–Kier alpha value is -1.88. The highest BCUT2D eigenvalue weighted by Crippen LogP contribution is 2.26. The Morgan fingerprint density at radius 3 is 3.12 bits per heavy atom. The third kappa shape index (κ3) is 1.45. The summed E-state index contributed by atoms with van der Waals surface area (Å²) in [6, 6.07) is 5.88. The summed E-state index contributed by atoms with van der Waals surface area (Å²) < 4.78 is 9.89. The van der Waals surface area contributed by atoms with Crippen LogP contribution >= 0.6 is 0 Å². The molecule has 3 rings (SSSR count). The molecular formula is C11H10N2O3. The predicted octanol–water partition coefficient (Wildman–Crippen LogP) is 1.10. The van der Waals surface area contributed by atoms with E-state index in [0.29, 0.717) is 19.0 Å². The molecule has 2 heterocycles. The molecule has 2 aromatic rings. The fourth-order valence-corrected chi connectivity index (χ4v) is 1.99. The maximum Gasteiger partial charge on any atom is 0.439 e. The number of H-pyrrole nitrogens is 1. The monoisotopic (exact) mass is 218 g/mol. The minimum absolute atomic E-state index is 0.490. The molecule has 16 heavy (non-hydrogen) atoms. The molecule has 1 N–H and O–H groups in total. The van der Waals surface area contributed by atoms with Gasteiger partial charge in [-0.3, -0.25) is 9.51 Å². The molecular weight excluding hydrogens is 208 g/mol. The van der Waals surface area contributed by atoms with Crippen LogP contribution in [0.2, 0.25) is 0 Å². The number of nitrogens with one attached hydrogen (secondary N) is 1. The first-order valence-electron chi connectivity index (χ1n) is 5.09. The Kier molecular flexibility index (Phi) is 2.11. The first kappa shape index (κ1) is 9.35. The molecule has 0 radical (unpaired) electrons. The van der Waals surface area contributed by atoms with E-state index in [9.17, 15) is 4.79 Å². The molecule has 0 unspecified atom stereocenters. The molecule has 0 fully saturated rings. The number of aromatic nitrogens is 2. The number of hydrogen-bond donors (Lipinski definition) is 1. The summed E-state index contributed by atoms with van der Waals surface area (Å²) in [5, 5.41) is 3.71. The van der Waals surface area contributed by atoms with Crippen molar-refractivity contribution in [3.05, 3.63) is 39.9 Å². The van der Waals surface area contributed by atoms with E-state index >= 15 is 0 Å². The van der Waals surface area contributed by atoms with Crippen LogP contribution in [0.25, 0.3) is 11.4 Å². The highest BCUT2D eigenvalue weighted by Gasteiger charge is 2.16. The molecule has 5 nitrogen and oxygen atoms in total. The average molecular weight is 218 g/mol. The summed E-state index contributed by atoms with van der Waals surface area (Å²) in [4.78, 5) is 13.5. The number of ether oxygens (including phenoxy) is 1. The second kappa shape index (κ2) is 3.61. The number of benzene rings is 1. The molecule has 0 aliphatic carbocycles. The van der Waals surface area contributed by atoms with Crippen LogP contribution < -0.4 is 5.76 Å². The van der Waals surface area contributed by atoms with Gasteiger partial charge in [0.2, 0.25) is 0 Å². The lowest BCUT2D eigenvalue weighted by molar-refractivity contribution is 0.111. The van der Waals surface area contributed by atoms with Gasteiger partial charge < -0.3 is 4.74 Å². The third-order valence-corrected chi connectivity index (χ3v) is 2.72. The van der Waals surface area contributed by atoms with Crippen LogP contribution in [-0.4, -0.2) is 16.7 Å². The van der Waals surface area contributed by atoms with Gasteiger partial charge in [0.1, 0.15) is 0 Å². The van der Waals surface area contributed by atoms with Crippen molar-refractivity contribution < 1.29 is 9.26 Å². The molecule has 0 saturated heterocycles. The van der Waals surface area contributed by atoms with E-state index in [4.69, 9.17) is 4.74 Å². The van der Waals surface area contributed by atoms with Gasteiger partial charge in [-0.1, -0.05) is 23.4 Å². The molecule has 0 spiro atoms. The highest BCUT2D eigenvalue weighted by atomic mass is 16.5. The molecule has 1 aromatic heterocycles. The number of rotatable bonds is 1. The van der Waals surface area contributed by atoms with Crippen LogP contribution in [0.3, 0.4) is 0 Å². The predicted molar refractivity (Wildman–Crippen MR) is 55.9 cm³/mol. The lowest BCUT2D eigenvalue weighted by Crippen LogP contribution is -2.11. The Morgan fingerprint density at radius 2 is 2.31 bits per heavy atom. The van der Waals surface area contributed by atoms with Gasteiger partial charge in [-0.25, -0.2) is 4.79 Å². The SMILES string of the molecule is O=c1[nH]c(-c2cccc3c2CCOC3)no1. The Bertz CT molecular complexity index is 571. The average Bonchev–Trinajstić information content (AvgIpc) is 2.75. The van der Waals surface area contributed by atoms with Crippen LogP contribution in [0.15, 0.2) is 27.5 Å². The normalized spacial score (nSPS) is 14.8. The van der Waals surface area contributed by atoms with Gasteiger partial charge in [-0.2, -0.15) is 0 Å². The summed E-state index contributed by atoms with van der Waals surface area (Å²) in [5.74, 6) is -0.0385. The topological polar surface area (TPSA) is 68.1 Å². The van der Waals surface area contributed by atoms with Crippen LogP contribution in [-0.2, 0) is 17.8 Å². The van der Waals surface area contributed by atoms with Crippen molar-refractivity contribution in [2.75, 3.05) is 6.61 Å². The van der Waals surface area contributed by atoms with Gasteiger partial charge in [0.25, 0.3) is 0 Å². The maximum absolute atomic E-state index is 10.9. The molecule has 0 amide bonds. The van der Waals surface area contributed by atoms with E-state index in [0.717, 1.165) is 17.5 Å². The van der Waals surface area contributed by atoms with Crippen molar-refractivity contribution in [2.45, 2.75) is 13.0 Å². The van der Waals surface area contributed by atoms with Crippen molar-refractivity contribution in [1.29, 1.82) is 0 Å².